The van der Waals surface area contributed by atoms with Crippen LogP contribution in [-0.2, 0) is 11.2 Å². The van der Waals surface area contributed by atoms with Crippen molar-refractivity contribution in [2.45, 2.75) is 26.4 Å². The molecule has 0 fully saturated rings. The van der Waals surface area contributed by atoms with Crippen LogP contribution in [0.1, 0.15) is 29.8 Å². The van der Waals surface area contributed by atoms with E-state index in [4.69, 9.17) is 4.74 Å². The zero-order chi connectivity index (χ0) is 18.9. The number of hydrogen-bond acceptors (Lipinski definition) is 5. The zero-order valence-electron chi connectivity index (χ0n) is 15.1. The minimum atomic E-state index is -0.492. The van der Waals surface area contributed by atoms with E-state index < -0.39 is 10.9 Å². The number of non-ortho nitro benzene ring substituents is 1. The summed E-state index contributed by atoms with van der Waals surface area (Å²) < 4.78 is 5.72. The Balaban J connectivity index is 2.10. The second kappa shape index (κ2) is 9.68. The number of likely N-dealkylation sites (N-methyl/N-ethyl adjacent to an activating group) is 1. The molecular formula is C20H24N2O4. The van der Waals surface area contributed by atoms with Gasteiger partial charge in [-0.15, -0.1) is 0 Å². The molecule has 2 aromatic rings. The molecule has 2 rings (SSSR count). The molecule has 0 N–H and O–H groups in total. The number of carbonyl (C=O) groups excluding carboxylic acids is 1. The summed E-state index contributed by atoms with van der Waals surface area (Å²) in [5.74, 6) is -0.465. The highest BCUT2D eigenvalue weighted by Crippen LogP contribution is 2.15. The van der Waals surface area contributed by atoms with Gasteiger partial charge in [0.25, 0.3) is 5.69 Å². The molecule has 0 saturated carbocycles. The standard InChI is InChI=1S/C20H24N2O4/c1-3-21(4-2)15-19(14-16-8-6-5-7-9-16)26-20(23)17-10-12-18(13-11-17)22(24)25/h5-13,19H,3-4,14-15H2,1-2H3/t19-/m0/s1. The molecule has 0 amide bonds. The number of nitro groups is 1. The second-order valence-corrected chi connectivity index (χ2v) is 6.01. The minimum absolute atomic E-state index is 0.0504. The van der Waals surface area contributed by atoms with Crippen molar-refractivity contribution in [3.63, 3.8) is 0 Å². The normalized spacial score (nSPS) is 12.0. The molecule has 2 aromatic carbocycles. The van der Waals surface area contributed by atoms with Gasteiger partial charge in [-0.25, -0.2) is 4.79 Å². The molecule has 138 valence electrons. The van der Waals surface area contributed by atoms with Crippen LogP contribution in [0.5, 0.6) is 0 Å². The summed E-state index contributed by atoms with van der Waals surface area (Å²) in [5, 5.41) is 10.7. The number of ether oxygens (including phenoxy) is 1. The second-order valence-electron chi connectivity index (χ2n) is 6.01. The molecule has 0 bridgehead atoms. The van der Waals surface area contributed by atoms with Crippen LogP contribution in [0.15, 0.2) is 54.6 Å². The highest BCUT2D eigenvalue weighted by atomic mass is 16.6. The number of nitro benzene ring substituents is 1. The predicted molar refractivity (Wildman–Crippen MR) is 100 cm³/mol. The third kappa shape index (κ3) is 5.67. The van der Waals surface area contributed by atoms with E-state index in [0.29, 0.717) is 18.5 Å². The molecule has 6 heteroatoms. The first-order valence-corrected chi connectivity index (χ1v) is 8.75. The summed E-state index contributed by atoms with van der Waals surface area (Å²) >= 11 is 0. The lowest BCUT2D eigenvalue weighted by atomic mass is 10.1. The largest absolute Gasteiger partial charge is 0.457 e. The molecule has 0 aliphatic rings. The Bertz CT molecular complexity index is 712. The quantitative estimate of drug-likeness (QED) is 0.389. The average molecular weight is 356 g/mol. The van der Waals surface area contributed by atoms with Crippen molar-refractivity contribution in [1.29, 1.82) is 0 Å². The summed E-state index contributed by atoms with van der Waals surface area (Å²) in [5.41, 5.74) is 1.36. The molecule has 0 aliphatic carbocycles. The third-order valence-electron chi connectivity index (χ3n) is 4.25. The molecule has 0 unspecified atom stereocenters. The smallest absolute Gasteiger partial charge is 0.338 e. The van der Waals surface area contributed by atoms with E-state index in [0.717, 1.165) is 18.7 Å². The SMILES string of the molecule is CCN(CC)C[C@H](Cc1ccccc1)OC(=O)c1ccc([N+](=O)[O-])cc1. The lowest BCUT2D eigenvalue weighted by Gasteiger charge is -2.25. The van der Waals surface area contributed by atoms with Crippen LogP contribution in [0.2, 0.25) is 0 Å². The molecule has 0 saturated heterocycles. The maximum Gasteiger partial charge on any atom is 0.338 e. The van der Waals surface area contributed by atoms with Crippen molar-refractivity contribution in [2.75, 3.05) is 19.6 Å². The molecular weight excluding hydrogens is 332 g/mol. The van der Waals surface area contributed by atoms with Gasteiger partial charge in [0.05, 0.1) is 10.5 Å². The van der Waals surface area contributed by atoms with Gasteiger partial charge in [0.15, 0.2) is 0 Å². The van der Waals surface area contributed by atoms with E-state index in [9.17, 15) is 14.9 Å². The monoisotopic (exact) mass is 356 g/mol. The van der Waals surface area contributed by atoms with Crippen LogP contribution in [0.4, 0.5) is 5.69 Å². The Morgan fingerprint density at radius 1 is 1.08 bits per heavy atom. The first-order valence-electron chi connectivity index (χ1n) is 8.75. The number of rotatable bonds is 9. The van der Waals surface area contributed by atoms with E-state index in [-0.39, 0.29) is 11.8 Å². The molecule has 0 spiro atoms. The van der Waals surface area contributed by atoms with Crippen molar-refractivity contribution >= 4 is 11.7 Å². The fraction of sp³-hybridized carbons (Fsp3) is 0.350. The average Bonchev–Trinajstić information content (AvgIpc) is 2.66. The number of esters is 1. The molecule has 6 nitrogen and oxygen atoms in total. The van der Waals surface area contributed by atoms with E-state index in [1.165, 1.54) is 24.3 Å². The summed E-state index contributed by atoms with van der Waals surface area (Å²) in [7, 11) is 0. The first kappa shape index (κ1) is 19.6. The highest BCUT2D eigenvalue weighted by molar-refractivity contribution is 5.89. The number of carbonyl (C=O) groups is 1. The minimum Gasteiger partial charge on any atom is -0.457 e. The summed E-state index contributed by atoms with van der Waals surface area (Å²) in [6, 6.07) is 15.4. The van der Waals surface area contributed by atoms with Gasteiger partial charge in [0.1, 0.15) is 6.10 Å². The number of nitrogens with zero attached hydrogens (tertiary/aromatic N) is 2. The Labute approximate surface area is 153 Å². The fourth-order valence-electron chi connectivity index (χ4n) is 2.73. The molecule has 26 heavy (non-hydrogen) atoms. The van der Waals surface area contributed by atoms with Gasteiger partial charge < -0.3 is 9.64 Å². The van der Waals surface area contributed by atoms with Crippen LogP contribution in [-0.4, -0.2) is 41.5 Å². The van der Waals surface area contributed by atoms with Gasteiger partial charge in [0, 0.05) is 25.1 Å². The third-order valence-corrected chi connectivity index (χ3v) is 4.25. The fourth-order valence-corrected chi connectivity index (χ4v) is 2.73. The van der Waals surface area contributed by atoms with Crippen LogP contribution in [0, 0.1) is 10.1 Å². The lowest BCUT2D eigenvalue weighted by Crippen LogP contribution is -2.36. The molecule has 0 heterocycles. The number of benzene rings is 2. The molecule has 1 atom stereocenters. The summed E-state index contributed by atoms with van der Waals surface area (Å²) in [4.78, 5) is 24.9. The molecule has 0 radical (unpaired) electrons. The summed E-state index contributed by atoms with van der Waals surface area (Å²) in [6.07, 6.45) is 0.329. The van der Waals surface area contributed by atoms with Crippen molar-refractivity contribution in [1.82, 2.24) is 4.90 Å². The van der Waals surface area contributed by atoms with Crippen LogP contribution in [0.3, 0.4) is 0 Å². The maximum atomic E-state index is 12.5. The van der Waals surface area contributed by atoms with Crippen LogP contribution in [0.25, 0.3) is 0 Å². The van der Waals surface area contributed by atoms with Gasteiger partial charge in [0.2, 0.25) is 0 Å². The Hall–Kier alpha value is -2.73. The lowest BCUT2D eigenvalue weighted by molar-refractivity contribution is -0.384. The Morgan fingerprint density at radius 3 is 2.23 bits per heavy atom. The van der Waals surface area contributed by atoms with Crippen molar-refractivity contribution < 1.29 is 14.5 Å². The van der Waals surface area contributed by atoms with Crippen molar-refractivity contribution in [3.8, 4) is 0 Å². The van der Waals surface area contributed by atoms with E-state index in [1.807, 2.05) is 30.3 Å². The van der Waals surface area contributed by atoms with E-state index >= 15 is 0 Å². The van der Waals surface area contributed by atoms with Crippen LogP contribution >= 0.6 is 0 Å². The van der Waals surface area contributed by atoms with Crippen molar-refractivity contribution in [2.24, 2.45) is 0 Å². The van der Waals surface area contributed by atoms with Crippen molar-refractivity contribution in [3.05, 3.63) is 75.8 Å². The Morgan fingerprint density at radius 2 is 1.69 bits per heavy atom. The number of hydrogen-bond donors (Lipinski definition) is 0. The maximum absolute atomic E-state index is 12.5. The highest BCUT2D eigenvalue weighted by Gasteiger charge is 2.19. The van der Waals surface area contributed by atoms with Gasteiger partial charge >= 0.3 is 5.97 Å². The van der Waals surface area contributed by atoms with E-state index in [1.54, 1.807) is 0 Å². The first-order chi connectivity index (χ1) is 12.5. The van der Waals surface area contributed by atoms with Gasteiger partial charge in [-0.3, -0.25) is 10.1 Å². The van der Waals surface area contributed by atoms with E-state index in [2.05, 4.69) is 18.7 Å². The molecule has 0 aliphatic heterocycles. The Kier molecular flexibility index (Phi) is 7.29. The summed E-state index contributed by atoms with van der Waals surface area (Å²) in [6.45, 7) is 6.52. The molecule has 0 aromatic heterocycles. The van der Waals surface area contributed by atoms with Gasteiger partial charge in [-0.05, 0) is 30.8 Å². The zero-order valence-corrected chi connectivity index (χ0v) is 15.1. The van der Waals surface area contributed by atoms with Gasteiger partial charge in [-0.1, -0.05) is 44.2 Å². The topological polar surface area (TPSA) is 72.7 Å². The van der Waals surface area contributed by atoms with Gasteiger partial charge in [-0.2, -0.15) is 0 Å². The van der Waals surface area contributed by atoms with Crippen LogP contribution < -0.4 is 0 Å². The predicted octanol–water partition coefficient (Wildman–Crippen LogP) is 3.70.